The van der Waals surface area contributed by atoms with Gasteiger partial charge in [-0.2, -0.15) is 0 Å². The predicted octanol–water partition coefficient (Wildman–Crippen LogP) is 4.68. The molecule has 8 saturated carbocycles. The van der Waals surface area contributed by atoms with Gasteiger partial charge in [-0.1, -0.05) is 81.4 Å². The average molecular weight is 1430 g/mol. The molecule has 8 aliphatic rings. The Morgan fingerprint density at radius 3 is 1.13 bits per heavy atom. The van der Waals surface area contributed by atoms with Gasteiger partial charge in [-0.3, -0.25) is 14.4 Å². The number of fused-ring (bicyclic) bond motifs is 12. The SMILES string of the molecule is C.CON(C)C(=O)[C@H]1CC[C@H]2[C@@H]3CC[C@H]4C[C@](C)(O)CC[C@]4(C)[C@H]3CC[C@]12C.COc1ccc2cc(Br)ccc2c1.COc1ccc2cc(C(=O)[C@H]3CC[C@H]4[C@@H]5CC[C@H]6C[C@](C)(O)CC[C@]6(C)[C@H]5CC[C@]34C)ccc2c1.[B]B([B])B(B([B])[B])B(B(B([B])[B])B([B])[B])B(B(B([B])[B])B([B])[B])B(B([B])[B])B([B])[B]. The fourth-order valence-electron chi connectivity index (χ4n) is 23.7. The van der Waals surface area contributed by atoms with Crippen molar-refractivity contribution in [3.8, 4) is 11.5 Å². The number of carbonyl (C=O) groups is 2. The highest BCUT2D eigenvalue weighted by atomic mass is 79.9. The van der Waals surface area contributed by atoms with Crippen molar-refractivity contribution < 1.29 is 34.1 Å². The molecule has 0 aromatic heterocycles. The third kappa shape index (κ3) is 18.9. The molecule has 0 heterocycles. The van der Waals surface area contributed by atoms with E-state index in [-0.39, 0.29) is 36.0 Å². The minimum Gasteiger partial charge on any atom is -0.497 e. The summed E-state index contributed by atoms with van der Waals surface area (Å²) in [7, 11) is 103. The van der Waals surface area contributed by atoms with Crippen LogP contribution in [0.3, 0.4) is 0 Å². The maximum Gasteiger partial charge on any atom is 0.249 e. The number of ether oxygens (including phenoxy) is 2. The van der Waals surface area contributed by atoms with Gasteiger partial charge in [-0.05, 0) is 262 Å². The van der Waals surface area contributed by atoms with Crippen molar-refractivity contribution in [1.82, 2.24) is 5.06 Å². The highest BCUT2D eigenvalue weighted by Crippen LogP contribution is 2.70. The number of Topliss-reactive ketones (excluding diaryl/α,β-unsaturated/α-hetero) is 1. The molecule has 12 rings (SSSR count). The first-order valence-corrected chi connectivity index (χ1v) is 39.6. The number of methoxy groups -OCH3 is 2. The Hall–Kier alpha value is -1.55. The quantitative estimate of drug-likeness (QED) is 0.0800. The average Bonchev–Trinajstić information content (AvgIpc) is 1.41. The van der Waals surface area contributed by atoms with Crippen LogP contribution in [0.4, 0.5) is 0 Å². The first-order valence-electron chi connectivity index (χ1n) is 38.8. The number of halogens is 1. The first kappa shape index (κ1) is 90.0. The van der Waals surface area contributed by atoms with E-state index in [1.165, 1.54) is 92.9 Å². The number of aliphatic hydroxyl groups is 2. The second kappa shape index (κ2) is 36.5. The van der Waals surface area contributed by atoms with Gasteiger partial charge >= 0.3 is 0 Å². The van der Waals surface area contributed by atoms with Crippen LogP contribution in [-0.2, 0) is 9.63 Å². The monoisotopic (exact) mass is 1430 g/mol. The van der Waals surface area contributed by atoms with E-state index in [1.807, 2.05) is 50.2 Å². The third-order valence-corrected chi connectivity index (χ3v) is 29.7. The largest absolute Gasteiger partial charge is 0.497 e. The molecule has 4 aromatic carbocycles. The minimum atomic E-state index is -1.07. The number of benzene rings is 4. The van der Waals surface area contributed by atoms with Crippen LogP contribution in [0.15, 0.2) is 77.3 Å². The molecule has 8 fully saturated rings. The van der Waals surface area contributed by atoms with Gasteiger partial charge in [-0.15, -0.1) is 0 Å². The van der Waals surface area contributed by atoms with Crippen LogP contribution in [0.1, 0.15) is 175 Å². The van der Waals surface area contributed by atoms with Gasteiger partial charge in [0.15, 0.2) is 5.78 Å². The van der Waals surface area contributed by atoms with Crippen molar-refractivity contribution in [3.05, 3.63) is 82.8 Å². The van der Waals surface area contributed by atoms with E-state index in [2.05, 4.69) is 80.0 Å². The van der Waals surface area contributed by atoms with Crippen LogP contribution < -0.4 is 9.47 Å². The second-order valence-corrected chi connectivity index (χ2v) is 36.2. The number of hydrogen-bond donors (Lipinski definition) is 2. The molecule has 0 bridgehead atoms. The highest BCUT2D eigenvalue weighted by Gasteiger charge is 2.64. The lowest BCUT2D eigenvalue weighted by molar-refractivity contribution is -0.182. The number of carbonyl (C=O) groups excluding carboxylic acids is 2. The van der Waals surface area contributed by atoms with Crippen LogP contribution in [0, 0.1) is 80.8 Å². The van der Waals surface area contributed by atoms with Crippen molar-refractivity contribution in [2.45, 2.75) is 176 Å². The zero-order valence-corrected chi connectivity index (χ0v) is 66.1. The van der Waals surface area contributed by atoms with Gasteiger partial charge < -0.3 is 19.7 Å². The van der Waals surface area contributed by atoms with E-state index in [1.54, 1.807) is 28.4 Å². The van der Waals surface area contributed by atoms with Crippen molar-refractivity contribution in [2.24, 2.45) is 80.8 Å². The summed E-state index contributed by atoms with van der Waals surface area (Å²) in [5, 5.41) is 27.5. The highest BCUT2D eigenvalue weighted by molar-refractivity contribution is 9.10. The number of ketones is 1. The lowest BCUT2D eigenvalue weighted by atomic mass is 8.31. The molecule has 8 nitrogen and oxygen atoms in total. The number of hydrogen-bond acceptors (Lipinski definition) is 7. The lowest BCUT2D eigenvalue weighted by Gasteiger charge is -2.61. The molecule has 1 amide bonds. The molecule has 506 valence electrons. The minimum absolute atomic E-state index is 0. The van der Waals surface area contributed by atoms with Crippen LogP contribution in [-0.4, -0.2) is 280 Å². The van der Waals surface area contributed by atoms with Crippen LogP contribution in [0.5, 0.6) is 11.5 Å². The Labute approximate surface area is 675 Å². The van der Waals surface area contributed by atoms with Crippen molar-refractivity contribution in [2.75, 3.05) is 28.4 Å². The molecule has 8 aliphatic carbocycles. The van der Waals surface area contributed by atoms with Gasteiger partial charge in [0, 0.05) is 242 Å². The van der Waals surface area contributed by atoms with Gasteiger partial charge in [0.1, 0.15) is 11.5 Å². The molecule has 39 heteroatoms. The van der Waals surface area contributed by atoms with E-state index >= 15 is 0 Å². The molecule has 0 saturated heterocycles. The van der Waals surface area contributed by atoms with E-state index in [9.17, 15) is 19.8 Å². The molecule has 32 radical (unpaired) electrons. The summed E-state index contributed by atoms with van der Waals surface area (Å²) in [6, 6.07) is 24.5. The summed E-state index contributed by atoms with van der Waals surface area (Å²) in [6.45, 7) is 14.0. The first-order chi connectivity index (χ1) is 49.1. The maximum absolute atomic E-state index is 13.9. The summed E-state index contributed by atoms with van der Waals surface area (Å²) in [4.78, 5) is 32.1. The normalized spacial score (nSPS) is 31.3. The molecular formula is C67H94B30BrNO7. The van der Waals surface area contributed by atoms with Crippen LogP contribution in [0.2, 0.25) is 0 Å². The molecule has 106 heavy (non-hydrogen) atoms. The molecule has 4 aromatic rings. The van der Waals surface area contributed by atoms with E-state index in [4.69, 9.17) is 138 Å². The number of nitrogens with zero attached hydrogens (tertiary/aromatic N) is 1. The zero-order valence-electron chi connectivity index (χ0n) is 64.5. The fourth-order valence-corrected chi connectivity index (χ4v) is 24.0. The van der Waals surface area contributed by atoms with E-state index < -0.39 is 101 Å². The van der Waals surface area contributed by atoms with Gasteiger partial charge in [0.2, 0.25) is 5.91 Å². The Morgan fingerprint density at radius 1 is 0.415 bits per heavy atom. The molecule has 16 atom stereocenters. The van der Waals surface area contributed by atoms with E-state index in [0.29, 0.717) is 40.3 Å². The summed E-state index contributed by atoms with van der Waals surface area (Å²) in [6.07, 6.45) is 6.91. The molecular weight excluding hydrogens is 1340 g/mol. The number of amides is 1. The van der Waals surface area contributed by atoms with Gasteiger partial charge in [0.25, 0.3) is 0 Å². The van der Waals surface area contributed by atoms with Gasteiger partial charge in [-0.25, -0.2) is 5.06 Å². The van der Waals surface area contributed by atoms with Crippen molar-refractivity contribution >= 4 is 262 Å². The summed E-state index contributed by atoms with van der Waals surface area (Å²) in [5.41, 5.74) is 0.949. The van der Waals surface area contributed by atoms with Crippen molar-refractivity contribution in [1.29, 1.82) is 0 Å². The van der Waals surface area contributed by atoms with E-state index in [0.717, 1.165) is 94.5 Å². The number of hydroxylamine groups is 2. The summed E-state index contributed by atoms with van der Waals surface area (Å²) < 4.78 is 11.6. The third-order valence-electron chi connectivity index (χ3n) is 29.2. The summed E-state index contributed by atoms with van der Waals surface area (Å²) >= 11 is 3.44. The topological polar surface area (TPSA) is 106 Å². The smallest absolute Gasteiger partial charge is 0.249 e. The molecule has 0 aliphatic heterocycles. The summed E-state index contributed by atoms with van der Waals surface area (Å²) in [5.74, 6) is 8.27. The second-order valence-electron chi connectivity index (χ2n) is 35.3. The fraction of sp³-hybridized carbons (Fsp3) is 0.672. The Morgan fingerprint density at radius 2 is 0.755 bits per heavy atom. The van der Waals surface area contributed by atoms with Crippen LogP contribution >= 0.6 is 15.9 Å². The Balaban J connectivity index is 0.000000185. The van der Waals surface area contributed by atoms with Gasteiger partial charge in [0.05, 0.1) is 32.5 Å². The lowest BCUT2D eigenvalue weighted by Crippen LogP contribution is -2.88. The molecule has 0 spiro atoms. The Kier molecular flexibility index (Phi) is 31.0. The van der Waals surface area contributed by atoms with Crippen molar-refractivity contribution in [3.63, 3.8) is 0 Å². The standard InChI is InChI=1S/C32H42O3.C23H39NO3.C11H9BrO.CH4.B30/c1-30(34)15-16-31(2)23(19-30)8-10-25-26-11-12-28(32(26,3)14-13-27(25)31)29(33)22-6-5-21-18-24(35-4)9-7-20(21)17-22;1-21(26)12-13-22(2)15(14-21)6-7-16-17-8-9-19(20(25)24(4)27-5)23(17,3)11-10-18(16)22;1-13-11-5-3-8-6-10(12)4-2-9(8)7-11;;1-17(2)25(18(3)4)29(26(19(5)6)20(7)8)30(27(21(9)10)22(11)12)28(23(13)14)24(15)16/h5-7,9,17-18,23,25-28,34H,8,10-16,19H2,1-4H3;15-19,26H,6-14H2,1-5H3;2-7H,1H3;1H4;/t23-,25-,26-,27-,28+,30+,31-,32-;15-,16-,17-,18-,19+,21+,22-,23-;;;/m00.../s1. The molecule has 2 N–H and O–H groups in total. The predicted molar refractivity (Wildman–Crippen MR) is 484 cm³/mol. The Bertz CT molecular complexity index is 3480. The number of rotatable bonds is 19. The molecule has 0 unspecified atom stereocenters. The van der Waals surface area contributed by atoms with Crippen LogP contribution in [0.25, 0.3) is 21.5 Å². The maximum atomic E-state index is 13.9. The zero-order chi connectivity index (χ0) is 77.5.